The topological polar surface area (TPSA) is 67.3 Å². The van der Waals surface area contributed by atoms with Gasteiger partial charge in [0.25, 0.3) is 0 Å². The molecule has 1 unspecified atom stereocenters. The molecule has 1 heterocycles. The molecule has 0 bridgehead atoms. The van der Waals surface area contributed by atoms with Gasteiger partial charge in [-0.1, -0.05) is 27.7 Å². The summed E-state index contributed by atoms with van der Waals surface area (Å²) < 4.78 is 13.2. The molecule has 0 aromatic carbocycles. The van der Waals surface area contributed by atoms with Crippen molar-refractivity contribution in [3.8, 4) is 5.88 Å². The maximum atomic E-state index is 10.0. The highest BCUT2D eigenvalue weighted by molar-refractivity contribution is 6.99. The van der Waals surface area contributed by atoms with E-state index in [0.717, 1.165) is 24.6 Å². The first kappa shape index (κ1) is 16.6. The van der Waals surface area contributed by atoms with Crippen molar-refractivity contribution in [2.24, 2.45) is 10.8 Å². The van der Waals surface area contributed by atoms with Gasteiger partial charge in [0.1, 0.15) is 18.9 Å². The number of aromatic nitrogens is 2. The largest absolute Gasteiger partial charge is 0.473 e. The van der Waals surface area contributed by atoms with Gasteiger partial charge in [0, 0.05) is 12.6 Å². The van der Waals surface area contributed by atoms with E-state index >= 15 is 0 Å². The van der Waals surface area contributed by atoms with Gasteiger partial charge in [-0.25, -0.2) is 0 Å². The average Bonchev–Trinajstić information content (AvgIpc) is 2.83. The highest BCUT2D eigenvalue weighted by Crippen LogP contribution is 2.45. The summed E-state index contributed by atoms with van der Waals surface area (Å²) in [6, 6.07) is 0.458. The molecule has 1 atom stereocenters. The first-order chi connectivity index (χ1) is 9.76. The predicted octanol–water partition coefficient (Wildman–Crippen LogP) is 2.47. The molecule has 0 saturated heterocycles. The maximum absolute atomic E-state index is 10.0. The zero-order valence-corrected chi connectivity index (χ0v) is 14.2. The minimum atomic E-state index is -0.528. The molecular formula is C15H27N3O2S. The SMILES string of the molecule is CC1(C)CC(NCC(O)COc2cnsn2)CC(C)(C)C1. The van der Waals surface area contributed by atoms with Crippen LogP contribution >= 0.6 is 11.7 Å². The van der Waals surface area contributed by atoms with Gasteiger partial charge in [0.15, 0.2) is 0 Å². The maximum Gasteiger partial charge on any atom is 0.245 e. The minimum Gasteiger partial charge on any atom is -0.473 e. The van der Waals surface area contributed by atoms with Crippen LogP contribution in [0.5, 0.6) is 5.88 Å². The Labute approximate surface area is 131 Å². The van der Waals surface area contributed by atoms with E-state index in [1.54, 1.807) is 6.20 Å². The Bertz CT molecular complexity index is 418. The number of nitrogens with one attached hydrogen (secondary N) is 1. The summed E-state index contributed by atoms with van der Waals surface area (Å²) in [6.07, 6.45) is 4.59. The molecule has 2 N–H and O–H groups in total. The molecule has 6 heteroatoms. The van der Waals surface area contributed by atoms with Crippen LogP contribution in [-0.2, 0) is 0 Å². The molecule has 0 spiro atoms. The van der Waals surface area contributed by atoms with Crippen molar-refractivity contribution in [3.63, 3.8) is 0 Å². The van der Waals surface area contributed by atoms with E-state index in [4.69, 9.17) is 4.74 Å². The van der Waals surface area contributed by atoms with Gasteiger partial charge in [-0.3, -0.25) is 0 Å². The van der Waals surface area contributed by atoms with Crippen LogP contribution in [0.1, 0.15) is 47.0 Å². The van der Waals surface area contributed by atoms with Gasteiger partial charge < -0.3 is 15.2 Å². The number of ether oxygens (including phenoxy) is 1. The number of aliphatic hydroxyl groups is 1. The summed E-state index contributed by atoms with van der Waals surface area (Å²) in [5.74, 6) is 0.485. The number of aliphatic hydroxyl groups excluding tert-OH is 1. The molecule has 120 valence electrons. The number of hydrogen-bond acceptors (Lipinski definition) is 6. The Morgan fingerprint density at radius 1 is 1.38 bits per heavy atom. The van der Waals surface area contributed by atoms with Crippen LogP contribution < -0.4 is 10.1 Å². The summed E-state index contributed by atoms with van der Waals surface area (Å²) in [7, 11) is 0. The van der Waals surface area contributed by atoms with E-state index in [0.29, 0.717) is 29.3 Å². The molecule has 1 aliphatic carbocycles. The zero-order chi connectivity index (χ0) is 15.5. The fraction of sp³-hybridized carbons (Fsp3) is 0.867. The van der Waals surface area contributed by atoms with Crippen LogP contribution in [0.2, 0.25) is 0 Å². The predicted molar refractivity (Wildman–Crippen MR) is 84.6 cm³/mol. The van der Waals surface area contributed by atoms with Gasteiger partial charge in [0.05, 0.1) is 11.7 Å². The Morgan fingerprint density at radius 3 is 2.62 bits per heavy atom. The third-order valence-corrected chi connectivity index (χ3v) is 4.42. The highest BCUT2D eigenvalue weighted by atomic mass is 32.1. The number of nitrogens with zero attached hydrogens (tertiary/aromatic N) is 2. The quantitative estimate of drug-likeness (QED) is 0.844. The standard InChI is InChI=1S/C15H27N3O2S/c1-14(2)5-11(6-15(3,4)10-14)16-7-12(19)9-20-13-8-17-21-18-13/h8,11-12,16,19H,5-7,9-10H2,1-4H3. The molecule has 5 nitrogen and oxygen atoms in total. The van der Waals surface area contributed by atoms with Crippen molar-refractivity contribution < 1.29 is 9.84 Å². The molecular weight excluding hydrogens is 286 g/mol. The molecule has 1 aliphatic rings. The van der Waals surface area contributed by atoms with Crippen molar-refractivity contribution >= 4 is 11.7 Å². The van der Waals surface area contributed by atoms with Gasteiger partial charge >= 0.3 is 0 Å². The second-order valence-corrected chi connectivity index (χ2v) is 8.29. The van der Waals surface area contributed by atoms with Gasteiger partial charge in [-0.15, -0.1) is 4.37 Å². The van der Waals surface area contributed by atoms with Gasteiger partial charge in [-0.05, 0) is 30.1 Å². The van der Waals surface area contributed by atoms with Crippen molar-refractivity contribution in [2.75, 3.05) is 13.2 Å². The lowest BCUT2D eigenvalue weighted by Crippen LogP contribution is -2.46. The van der Waals surface area contributed by atoms with E-state index in [2.05, 4.69) is 41.8 Å². The third-order valence-electron chi connectivity index (χ3n) is 3.96. The lowest BCUT2D eigenvalue weighted by molar-refractivity contribution is 0.0654. The van der Waals surface area contributed by atoms with Crippen molar-refractivity contribution in [3.05, 3.63) is 6.20 Å². The second kappa shape index (κ2) is 6.58. The molecule has 21 heavy (non-hydrogen) atoms. The first-order valence-corrected chi connectivity index (χ1v) is 8.31. The van der Waals surface area contributed by atoms with Crippen LogP contribution in [0.4, 0.5) is 0 Å². The monoisotopic (exact) mass is 313 g/mol. The lowest BCUT2D eigenvalue weighted by Gasteiger charge is -2.45. The summed E-state index contributed by atoms with van der Waals surface area (Å²) in [4.78, 5) is 0. The van der Waals surface area contributed by atoms with Crippen molar-refractivity contribution in [1.82, 2.24) is 14.1 Å². The number of hydrogen-bond donors (Lipinski definition) is 2. The van der Waals surface area contributed by atoms with Crippen LogP contribution in [0, 0.1) is 10.8 Å². The van der Waals surface area contributed by atoms with E-state index in [-0.39, 0.29) is 6.61 Å². The Kier molecular flexibility index (Phi) is 5.22. The Hall–Kier alpha value is -0.720. The highest BCUT2D eigenvalue weighted by Gasteiger charge is 2.38. The average molecular weight is 313 g/mol. The van der Waals surface area contributed by atoms with Crippen LogP contribution in [0.15, 0.2) is 6.20 Å². The van der Waals surface area contributed by atoms with Crippen molar-refractivity contribution in [2.45, 2.75) is 59.1 Å². The van der Waals surface area contributed by atoms with E-state index in [9.17, 15) is 5.11 Å². The van der Waals surface area contributed by atoms with Crippen LogP contribution in [0.25, 0.3) is 0 Å². The molecule has 0 radical (unpaired) electrons. The van der Waals surface area contributed by atoms with Crippen molar-refractivity contribution in [1.29, 1.82) is 0 Å². The van der Waals surface area contributed by atoms with E-state index in [1.165, 1.54) is 6.42 Å². The fourth-order valence-electron chi connectivity index (χ4n) is 3.75. The summed E-state index contributed by atoms with van der Waals surface area (Å²) in [5, 5.41) is 13.5. The van der Waals surface area contributed by atoms with E-state index in [1.807, 2.05) is 0 Å². The summed E-state index contributed by atoms with van der Waals surface area (Å²) in [5.41, 5.74) is 0.709. The minimum absolute atomic E-state index is 0.248. The summed E-state index contributed by atoms with van der Waals surface area (Å²) in [6.45, 7) is 10.1. The molecule has 2 rings (SSSR count). The number of rotatable bonds is 6. The molecule has 0 amide bonds. The molecule has 1 saturated carbocycles. The molecule has 0 aliphatic heterocycles. The lowest BCUT2D eigenvalue weighted by atomic mass is 9.63. The molecule has 1 fully saturated rings. The normalized spacial score (nSPS) is 22.9. The second-order valence-electron chi connectivity index (χ2n) is 7.73. The zero-order valence-electron chi connectivity index (χ0n) is 13.4. The van der Waals surface area contributed by atoms with Gasteiger partial charge in [-0.2, -0.15) is 4.37 Å². The van der Waals surface area contributed by atoms with Gasteiger partial charge in [0.2, 0.25) is 5.88 Å². The molecule has 1 aromatic rings. The molecule has 1 aromatic heterocycles. The Balaban J connectivity index is 1.74. The summed E-state index contributed by atoms with van der Waals surface area (Å²) >= 11 is 1.10. The van der Waals surface area contributed by atoms with E-state index < -0.39 is 6.10 Å². The smallest absolute Gasteiger partial charge is 0.245 e. The fourth-order valence-corrected chi connectivity index (χ4v) is 4.12. The first-order valence-electron chi connectivity index (χ1n) is 7.58. The third kappa shape index (κ3) is 5.52. The Morgan fingerprint density at radius 2 is 2.05 bits per heavy atom. The van der Waals surface area contributed by atoms with Crippen LogP contribution in [0.3, 0.4) is 0 Å². The van der Waals surface area contributed by atoms with Crippen LogP contribution in [-0.4, -0.2) is 39.2 Å².